The molecule has 5 nitrogen and oxygen atoms in total. The average Bonchev–Trinajstić information content (AvgIpc) is 2.82. The first-order chi connectivity index (χ1) is 10.4. The van der Waals surface area contributed by atoms with E-state index in [9.17, 15) is 14.7 Å². The number of allylic oxidation sites excluding steroid dienone is 1. The summed E-state index contributed by atoms with van der Waals surface area (Å²) in [6, 6.07) is 0. The van der Waals surface area contributed by atoms with Crippen molar-refractivity contribution in [1.82, 2.24) is 0 Å². The Kier molecular flexibility index (Phi) is 7.07. The van der Waals surface area contributed by atoms with Gasteiger partial charge in [-0.1, -0.05) is 32.3 Å². The monoisotopic (exact) mass is 312 g/mol. The molecule has 0 saturated carbocycles. The third-order valence-corrected chi connectivity index (χ3v) is 4.03. The molecular formula is C17H28O5. The van der Waals surface area contributed by atoms with Crippen molar-refractivity contribution < 1.29 is 24.2 Å². The highest BCUT2D eigenvalue weighted by Crippen LogP contribution is 2.33. The van der Waals surface area contributed by atoms with Crippen LogP contribution in [0, 0.1) is 5.92 Å². The molecule has 0 amide bonds. The summed E-state index contributed by atoms with van der Waals surface area (Å²) in [6.07, 6.45) is 3.70. The summed E-state index contributed by atoms with van der Waals surface area (Å²) >= 11 is 0. The van der Waals surface area contributed by atoms with Gasteiger partial charge in [0.2, 0.25) is 0 Å². The number of aliphatic hydroxyl groups is 1. The van der Waals surface area contributed by atoms with Crippen molar-refractivity contribution in [2.45, 2.75) is 65.4 Å². The van der Waals surface area contributed by atoms with Gasteiger partial charge in [-0.3, -0.25) is 4.79 Å². The minimum absolute atomic E-state index is 0.0885. The maximum absolute atomic E-state index is 12.2. The van der Waals surface area contributed by atoms with Crippen LogP contribution >= 0.6 is 0 Å². The molecule has 1 atom stereocenters. The number of carbonyl (C=O) groups is 2. The van der Waals surface area contributed by atoms with Gasteiger partial charge >= 0.3 is 11.9 Å². The van der Waals surface area contributed by atoms with Crippen LogP contribution in [0.3, 0.4) is 0 Å². The van der Waals surface area contributed by atoms with Gasteiger partial charge in [0.05, 0.1) is 12.5 Å². The standard InChI is InChI=1S/C17H28O5/c1-5-7-13(8-6-2)15(19)21-11-17(10-18)9-14(12(3)4)16(20)22-17/h13,18H,5-11H2,1-4H3. The number of cyclic esters (lactones) is 1. The highest BCUT2D eigenvalue weighted by atomic mass is 16.6. The normalized spacial score (nSPS) is 21.2. The molecule has 0 aromatic heterocycles. The smallest absolute Gasteiger partial charge is 0.334 e. The number of rotatable bonds is 8. The zero-order chi connectivity index (χ0) is 16.8. The molecule has 1 rings (SSSR count). The number of carbonyl (C=O) groups excluding carboxylic acids is 2. The third-order valence-electron chi connectivity index (χ3n) is 4.03. The molecule has 1 aliphatic heterocycles. The Bertz CT molecular complexity index is 430. The lowest BCUT2D eigenvalue weighted by Crippen LogP contribution is -2.40. The van der Waals surface area contributed by atoms with Crippen LogP contribution in [0.2, 0.25) is 0 Å². The average molecular weight is 312 g/mol. The van der Waals surface area contributed by atoms with Crippen LogP contribution in [0.4, 0.5) is 0 Å². The highest BCUT2D eigenvalue weighted by Gasteiger charge is 2.45. The Morgan fingerprint density at radius 3 is 2.32 bits per heavy atom. The van der Waals surface area contributed by atoms with E-state index in [1.807, 2.05) is 27.7 Å². The van der Waals surface area contributed by atoms with Crippen molar-refractivity contribution in [2.24, 2.45) is 5.92 Å². The lowest BCUT2D eigenvalue weighted by molar-refractivity contribution is -0.169. The number of ether oxygens (including phenoxy) is 2. The van der Waals surface area contributed by atoms with Gasteiger partial charge in [-0.25, -0.2) is 4.79 Å². The second kappa shape index (κ2) is 8.32. The third kappa shape index (κ3) is 4.57. The first kappa shape index (κ1) is 18.7. The van der Waals surface area contributed by atoms with Crippen LogP contribution in [0.5, 0.6) is 0 Å². The number of esters is 2. The van der Waals surface area contributed by atoms with Gasteiger partial charge in [-0.15, -0.1) is 0 Å². The number of hydrogen-bond acceptors (Lipinski definition) is 5. The van der Waals surface area contributed by atoms with Crippen LogP contribution < -0.4 is 0 Å². The maximum Gasteiger partial charge on any atom is 0.334 e. The Morgan fingerprint density at radius 2 is 1.91 bits per heavy atom. The minimum Gasteiger partial charge on any atom is -0.461 e. The fourth-order valence-corrected chi connectivity index (χ4v) is 2.68. The van der Waals surface area contributed by atoms with E-state index >= 15 is 0 Å². The van der Waals surface area contributed by atoms with Crippen molar-refractivity contribution in [1.29, 1.82) is 0 Å². The quantitative estimate of drug-likeness (QED) is 0.551. The van der Waals surface area contributed by atoms with Crippen LogP contribution in [-0.2, 0) is 19.1 Å². The Morgan fingerprint density at radius 1 is 1.32 bits per heavy atom. The van der Waals surface area contributed by atoms with Gasteiger partial charge in [0, 0.05) is 12.0 Å². The fourth-order valence-electron chi connectivity index (χ4n) is 2.68. The minimum atomic E-state index is -1.12. The molecule has 1 saturated heterocycles. The zero-order valence-electron chi connectivity index (χ0n) is 14.1. The van der Waals surface area contributed by atoms with Crippen molar-refractivity contribution >= 4 is 11.9 Å². The molecule has 22 heavy (non-hydrogen) atoms. The predicted octanol–water partition coefficient (Wildman–Crippen LogP) is 2.76. The molecule has 1 aliphatic rings. The molecule has 1 N–H and O–H groups in total. The van der Waals surface area contributed by atoms with E-state index in [2.05, 4.69) is 0 Å². The Hall–Kier alpha value is -1.36. The molecule has 0 aromatic carbocycles. The lowest BCUT2D eigenvalue weighted by atomic mass is 9.96. The van der Waals surface area contributed by atoms with Crippen LogP contribution in [0.25, 0.3) is 0 Å². The van der Waals surface area contributed by atoms with E-state index < -0.39 is 11.6 Å². The van der Waals surface area contributed by atoms with Gasteiger partial charge < -0.3 is 14.6 Å². The van der Waals surface area contributed by atoms with Crippen LogP contribution in [-0.4, -0.2) is 35.9 Å². The van der Waals surface area contributed by atoms with Crippen molar-refractivity contribution in [3.8, 4) is 0 Å². The van der Waals surface area contributed by atoms with Gasteiger partial charge in [0.1, 0.15) is 6.61 Å². The van der Waals surface area contributed by atoms with E-state index in [-0.39, 0.29) is 31.5 Å². The molecule has 0 aromatic rings. The van der Waals surface area contributed by atoms with Gasteiger partial charge in [0.25, 0.3) is 0 Å². The van der Waals surface area contributed by atoms with Gasteiger partial charge in [0.15, 0.2) is 5.60 Å². The Labute approximate surface area is 132 Å². The zero-order valence-corrected chi connectivity index (χ0v) is 14.1. The Balaban J connectivity index is 2.70. The van der Waals surface area contributed by atoms with Crippen LogP contribution in [0.15, 0.2) is 11.1 Å². The maximum atomic E-state index is 12.2. The van der Waals surface area contributed by atoms with E-state index in [1.54, 1.807) is 0 Å². The summed E-state index contributed by atoms with van der Waals surface area (Å²) in [5, 5.41) is 9.60. The molecule has 1 fully saturated rings. The molecular weight excluding hydrogens is 284 g/mol. The first-order valence-electron chi connectivity index (χ1n) is 8.06. The van der Waals surface area contributed by atoms with Gasteiger partial charge in [-0.2, -0.15) is 0 Å². The number of aliphatic hydroxyl groups excluding tert-OH is 1. The molecule has 0 bridgehead atoms. The summed E-state index contributed by atoms with van der Waals surface area (Å²) in [5.41, 5.74) is 0.299. The molecule has 0 radical (unpaired) electrons. The van der Waals surface area contributed by atoms with Crippen molar-refractivity contribution in [3.05, 3.63) is 11.1 Å². The van der Waals surface area contributed by atoms with Crippen molar-refractivity contribution in [2.75, 3.05) is 13.2 Å². The second-order valence-electron chi connectivity index (χ2n) is 6.27. The lowest BCUT2D eigenvalue weighted by Gasteiger charge is -2.25. The fraction of sp³-hybridized carbons (Fsp3) is 0.765. The summed E-state index contributed by atoms with van der Waals surface area (Å²) < 4.78 is 10.7. The highest BCUT2D eigenvalue weighted by molar-refractivity contribution is 5.92. The topological polar surface area (TPSA) is 72.8 Å². The molecule has 0 aliphatic carbocycles. The van der Waals surface area contributed by atoms with Gasteiger partial charge in [-0.05, 0) is 26.7 Å². The van der Waals surface area contributed by atoms with E-state index in [0.717, 1.165) is 31.3 Å². The molecule has 1 unspecified atom stereocenters. The number of hydrogen-bond donors (Lipinski definition) is 1. The summed E-state index contributed by atoms with van der Waals surface area (Å²) in [4.78, 5) is 24.0. The summed E-state index contributed by atoms with van der Waals surface area (Å²) in [6.45, 7) is 7.28. The van der Waals surface area contributed by atoms with E-state index in [0.29, 0.717) is 5.57 Å². The second-order valence-corrected chi connectivity index (χ2v) is 6.27. The molecule has 126 valence electrons. The largest absolute Gasteiger partial charge is 0.461 e. The summed E-state index contributed by atoms with van der Waals surface area (Å²) in [7, 11) is 0. The molecule has 5 heteroatoms. The predicted molar refractivity (Wildman–Crippen MR) is 83.2 cm³/mol. The SMILES string of the molecule is CCCC(CCC)C(=O)OCC1(CO)CC(=C(C)C)C(=O)O1. The van der Waals surface area contributed by atoms with E-state index in [1.165, 1.54) is 0 Å². The summed E-state index contributed by atoms with van der Waals surface area (Å²) in [5.74, 6) is -0.812. The van der Waals surface area contributed by atoms with Crippen molar-refractivity contribution in [3.63, 3.8) is 0 Å². The van der Waals surface area contributed by atoms with E-state index in [4.69, 9.17) is 9.47 Å². The van der Waals surface area contributed by atoms with Crippen LogP contribution in [0.1, 0.15) is 59.8 Å². The molecule has 1 heterocycles. The first-order valence-corrected chi connectivity index (χ1v) is 8.06. The molecule has 0 spiro atoms.